The Kier molecular flexibility index (Phi) is 10.1. The zero-order chi connectivity index (χ0) is 33.3. The van der Waals surface area contributed by atoms with E-state index in [-0.39, 0.29) is 19.0 Å². The predicted octanol–water partition coefficient (Wildman–Crippen LogP) is 4.68. The van der Waals surface area contributed by atoms with Gasteiger partial charge in [0.2, 0.25) is 0 Å². The number of carbonyl (C=O) groups is 4. The number of carboxylic acids is 1. The molecule has 0 radical (unpaired) electrons. The van der Waals surface area contributed by atoms with E-state index in [1.807, 2.05) is 43.3 Å². The maximum absolute atomic E-state index is 13.5. The van der Waals surface area contributed by atoms with E-state index < -0.39 is 66.4 Å². The van der Waals surface area contributed by atoms with E-state index in [0.717, 1.165) is 16.0 Å². The molecule has 3 fully saturated rings. The van der Waals surface area contributed by atoms with Gasteiger partial charge in [0.1, 0.15) is 0 Å². The zero-order valence-electron chi connectivity index (χ0n) is 22.9. The van der Waals surface area contributed by atoms with Crippen LogP contribution in [0.25, 0.3) is 0 Å². The maximum Gasteiger partial charge on any atom is 0.491 e. The molecule has 44 heavy (non-hydrogen) atoms. The molecule has 1 saturated heterocycles. The number of aliphatic carboxylic acids is 1. The van der Waals surface area contributed by atoms with Crippen molar-refractivity contribution < 1.29 is 68.5 Å². The molecular formula is C27H27F9N2O6. The van der Waals surface area contributed by atoms with Crippen LogP contribution in [0.4, 0.5) is 39.5 Å². The van der Waals surface area contributed by atoms with Gasteiger partial charge in [-0.1, -0.05) is 42.0 Å². The lowest BCUT2D eigenvalue weighted by Gasteiger charge is -2.61. The average molecular weight is 647 g/mol. The lowest BCUT2D eigenvalue weighted by atomic mass is 9.60. The fraction of sp³-hybridized carbons (Fsp3) is 0.556. The van der Waals surface area contributed by atoms with Crippen molar-refractivity contribution in [2.24, 2.45) is 11.3 Å². The monoisotopic (exact) mass is 646 g/mol. The van der Waals surface area contributed by atoms with Gasteiger partial charge in [0.25, 0.3) is 0 Å². The van der Waals surface area contributed by atoms with Crippen molar-refractivity contribution in [3.8, 4) is 0 Å². The Balaban J connectivity index is 0.000000676. The van der Waals surface area contributed by atoms with Crippen LogP contribution >= 0.6 is 0 Å². The largest absolute Gasteiger partial charge is 0.491 e. The first-order valence-electron chi connectivity index (χ1n) is 13.1. The van der Waals surface area contributed by atoms with Gasteiger partial charge >= 0.3 is 42.3 Å². The second kappa shape index (κ2) is 12.8. The molecule has 2 atom stereocenters. The van der Waals surface area contributed by atoms with Crippen LogP contribution in [0.15, 0.2) is 42.0 Å². The highest BCUT2D eigenvalue weighted by Gasteiger charge is 2.61. The molecule has 17 heteroatoms. The van der Waals surface area contributed by atoms with Crippen molar-refractivity contribution in [2.75, 3.05) is 19.6 Å². The topological polar surface area (TPSA) is 104 Å². The SMILES string of the molecule is C/C=C(\Cc1ccccc1)[C@H]1C[C@@H]1N(C(=O)C(F)(F)F)C1CC2(C1)CN(CC(=O)OC(=O)C(F)(F)F)C2.O=C(O)C(F)(F)F. The zero-order valence-corrected chi connectivity index (χ0v) is 22.9. The highest BCUT2D eigenvalue weighted by molar-refractivity contribution is 5.89. The molecule has 1 spiro atoms. The summed E-state index contributed by atoms with van der Waals surface area (Å²) < 4.78 is 113. The summed E-state index contributed by atoms with van der Waals surface area (Å²) in [6, 6.07) is 8.36. The van der Waals surface area contributed by atoms with Gasteiger partial charge in [0.15, 0.2) is 0 Å². The summed E-state index contributed by atoms with van der Waals surface area (Å²) in [7, 11) is 0. The second-order valence-corrected chi connectivity index (χ2v) is 10.9. The van der Waals surface area contributed by atoms with Crippen LogP contribution in [0.3, 0.4) is 0 Å². The van der Waals surface area contributed by atoms with Gasteiger partial charge in [-0.2, -0.15) is 39.5 Å². The number of esters is 2. The van der Waals surface area contributed by atoms with Gasteiger partial charge < -0.3 is 14.7 Å². The van der Waals surface area contributed by atoms with Crippen molar-refractivity contribution in [3.63, 3.8) is 0 Å². The third kappa shape index (κ3) is 8.72. The molecule has 0 bridgehead atoms. The van der Waals surface area contributed by atoms with Crippen LogP contribution in [-0.2, 0) is 30.3 Å². The number of hydrogen-bond acceptors (Lipinski definition) is 6. The van der Waals surface area contributed by atoms with Gasteiger partial charge in [-0.15, -0.1) is 0 Å². The Morgan fingerprint density at radius 2 is 1.50 bits per heavy atom. The maximum atomic E-state index is 13.5. The van der Waals surface area contributed by atoms with Crippen molar-refractivity contribution in [1.82, 2.24) is 9.80 Å². The van der Waals surface area contributed by atoms with Crippen molar-refractivity contribution in [2.45, 2.75) is 63.2 Å². The van der Waals surface area contributed by atoms with Gasteiger partial charge in [0.05, 0.1) is 6.54 Å². The highest BCUT2D eigenvalue weighted by Crippen LogP contribution is 2.54. The Morgan fingerprint density at radius 3 is 1.95 bits per heavy atom. The molecule has 4 rings (SSSR count). The number of amides is 1. The van der Waals surface area contributed by atoms with Crippen molar-refractivity contribution >= 4 is 23.8 Å². The summed E-state index contributed by atoms with van der Waals surface area (Å²) >= 11 is 0. The lowest BCUT2D eigenvalue weighted by Crippen LogP contribution is -2.68. The number of carboxylic acid groups (broad SMARTS) is 1. The Morgan fingerprint density at radius 1 is 0.955 bits per heavy atom. The fourth-order valence-corrected chi connectivity index (χ4v) is 5.68. The number of nitrogens with zero attached hydrogens (tertiary/aromatic N) is 2. The molecule has 0 aromatic heterocycles. The number of carbonyl (C=O) groups excluding carboxylic acids is 3. The normalized spacial score (nSPS) is 21.7. The Labute approximate surface area is 244 Å². The molecule has 1 amide bonds. The number of rotatable bonds is 7. The molecule has 1 aromatic carbocycles. The van der Waals surface area contributed by atoms with Gasteiger partial charge in [-0.25, -0.2) is 9.59 Å². The van der Waals surface area contributed by atoms with E-state index in [9.17, 15) is 53.9 Å². The summed E-state index contributed by atoms with van der Waals surface area (Å²) in [5, 5.41) is 7.12. The van der Waals surface area contributed by atoms with Crippen LogP contribution in [-0.4, -0.2) is 89.0 Å². The average Bonchev–Trinajstić information content (AvgIpc) is 3.64. The molecule has 1 aromatic rings. The summed E-state index contributed by atoms with van der Waals surface area (Å²) in [5.74, 6) is -8.72. The minimum atomic E-state index is -5.28. The summed E-state index contributed by atoms with van der Waals surface area (Å²) in [6.45, 7) is 1.82. The van der Waals surface area contributed by atoms with E-state index in [1.165, 1.54) is 4.90 Å². The van der Waals surface area contributed by atoms with Crippen LogP contribution in [0.5, 0.6) is 0 Å². The number of ether oxygens (including phenoxy) is 1. The van der Waals surface area contributed by atoms with E-state index in [4.69, 9.17) is 9.90 Å². The van der Waals surface area contributed by atoms with E-state index >= 15 is 0 Å². The Hall–Kier alpha value is -3.63. The van der Waals surface area contributed by atoms with Crippen LogP contribution < -0.4 is 0 Å². The first-order chi connectivity index (χ1) is 20.2. The van der Waals surface area contributed by atoms with Crippen molar-refractivity contribution in [3.05, 3.63) is 47.5 Å². The highest BCUT2D eigenvalue weighted by atomic mass is 19.4. The molecule has 1 N–H and O–H groups in total. The first-order valence-corrected chi connectivity index (χ1v) is 13.1. The predicted molar refractivity (Wildman–Crippen MR) is 131 cm³/mol. The molecule has 244 valence electrons. The number of hydrogen-bond donors (Lipinski definition) is 1. The van der Waals surface area contributed by atoms with Crippen LogP contribution in [0.2, 0.25) is 0 Å². The summed E-state index contributed by atoms with van der Waals surface area (Å²) in [5.41, 5.74) is 1.59. The first kappa shape index (κ1) is 34.9. The molecule has 3 aliphatic rings. The molecular weight excluding hydrogens is 619 g/mol. The minimum Gasteiger partial charge on any atom is -0.475 e. The van der Waals surface area contributed by atoms with E-state index in [1.54, 1.807) is 0 Å². The van der Waals surface area contributed by atoms with Crippen LogP contribution in [0, 0.1) is 11.3 Å². The molecule has 1 heterocycles. The van der Waals surface area contributed by atoms with Crippen LogP contribution in [0.1, 0.15) is 31.7 Å². The van der Waals surface area contributed by atoms with Gasteiger partial charge in [-0.3, -0.25) is 14.5 Å². The number of halogens is 9. The third-order valence-corrected chi connectivity index (χ3v) is 7.57. The lowest BCUT2D eigenvalue weighted by molar-refractivity contribution is -0.204. The molecule has 0 unspecified atom stereocenters. The molecule has 2 aliphatic carbocycles. The quantitative estimate of drug-likeness (QED) is 0.199. The summed E-state index contributed by atoms with van der Waals surface area (Å²) in [4.78, 5) is 46.1. The minimum absolute atomic E-state index is 0.160. The smallest absolute Gasteiger partial charge is 0.475 e. The van der Waals surface area contributed by atoms with Gasteiger partial charge in [-0.05, 0) is 43.6 Å². The number of likely N-dealkylation sites (tertiary alicyclic amines) is 1. The van der Waals surface area contributed by atoms with E-state index in [2.05, 4.69) is 4.74 Å². The molecule has 2 saturated carbocycles. The summed E-state index contributed by atoms with van der Waals surface area (Å²) in [6.07, 6.45) is -11.8. The van der Waals surface area contributed by atoms with Crippen molar-refractivity contribution in [1.29, 1.82) is 0 Å². The molecule has 8 nitrogen and oxygen atoms in total. The second-order valence-electron chi connectivity index (χ2n) is 10.9. The Bertz CT molecular complexity index is 1260. The number of alkyl halides is 9. The number of benzene rings is 1. The standard InChI is InChI=1S/C25H26F6N2O4.C2HF3O2/c1-2-16(8-15-6-4-3-5-7-15)18-9-19(18)33(21(35)24(26,27)28)17-10-23(11-17)13-32(14-23)12-20(34)37-22(36)25(29,30)31;3-2(4,5)1(6)7/h2-7,17-19H,8-14H2,1H3;(H,6,7)/b16-2+;/t18-,19+;/m1./s1. The fourth-order valence-electron chi connectivity index (χ4n) is 5.68. The molecule has 1 aliphatic heterocycles. The number of allylic oxidation sites excluding steroid dienone is 1. The third-order valence-electron chi connectivity index (χ3n) is 7.57. The van der Waals surface area contributed by atoms with Gasteiger partial charge in [0, 0.05) is 31.1 Å². The van der Waals surface area contributed by atoms with E-state index in [0.29, 0.717) is 25.7 Å².